The van der Waals surface area contributed by atoms with E-state index in [0.717, 1.165) is 32.2 Å². The van der Waals surface area contributed by atoms with Gasteiger partial charge in [-0.2, -0.15) is 0 Å². The molecule has 1 saturated heterocycles. The van der Waals surface area contributed by atoms with Crippen molar-refractivity contribution in [3.63, 3.8) is 0 Å². The number of rotatable bonds is 2. The summed E-state index contributed by atoms with van der Waals surface area (Å²) in [5, 5.41) is 11.1. The number of carbonyl (C=O) groups is 2. The van der Waals surface area contributed by atoms with Gasteiger partial charge in [0.15, 0.2) is 0 Å². The molecule has 2 amide bonds. The molecule has 1 fully saturated rings. The van der Waals surface area contributed by atoms with Gasteiger partial charge in [-0.3, -0.25) is 4.79 Å². The summed E-state index contributed by atoms with van der Waals surface area (Å²) in [7, 11) is 0. The van der Waals surface area contributed by atoms with Crippen LogP contribution in [-0.4, -0.2) is 46.0 Å². The Morgan fingerprint density at radius 3 is 3.00 bits per heavy atom. The Balaban J connectivity index is 1.70. The molecule has 2 aliphatic rings. The summed E-state index contributed by atoms with van der Waals surface area (Å²) in [5.74, 6) is -0.821. The Kier molecular flexibility index (Phi) is 4.14. The second-order valence-corrected chi connectivity index (χ2v) is 6.76. The molecule has 3 rings (SSSR count). The highest BCUT2D eigenvalue weighted by atomic mass is 32.1. The quantitative estimate of drug-likeness (QED) is 0.913. The van der Waals surface area contributed by atoms with Gasteiger partial charge in [-0.1, -0.05) is 0 Å². The van der Waals surface area contributed by atoms with Crippen molar-refractivity contribution in [2.24, 2.45) is 0 Å². The first-order chi connectivity index (χ1) is 10.1. The predicted octanol–water partition coefficient (Wildman–Crippen LogP) is 2.56. The van der Waals surface area contributed by atoms with Crippen LogP contribution in [0.2, 0.25) is 0 Å². The van der Waals surface area contributed by atoms with Crippen molar-refractivity contribution in [3.8, 4) is 0 Å². The Bertz CT molecular complexity index is 543. The van der Waals surface area contributed by atoms with E-state index in [-0.39, 0.29) is 18.5 Å². The van der Waals surface area contributed by atoms with Crippen molar-refractivity contribution in [2.75, 3.05) is 13.1 Å². The zero-order valence-electron chi connectivity index (χ0n) is 12.0. The lowest BCUT2D eigenvalue weighted by Gasteiger charge is -2.39. The Morgan fingerprint density at radius 1 is 1.33 bits per heavy atom. The van der Waals surface area contributed by atoms with Gasteiger partial charge in [0.25, 0.3) is 0 Å². The van der Waals surface area contributed by atoms with Gasteiger partial charge in [0.2, 0.25) is 0 Å². The van der Waals surface area contributed by atoms with E-state index in [1.807, 2.05) is 4.90 Å². The van der Waals surface area contributed by atoms with Crippen molar-refractivity contribution in [3.05, 3.63) is 21.9 Å². The molecule has 1 atom stereocenters. The Morgan fingerprint density at radius 2 is 2.19 bits per heavy atom. The largest absolute Gasteiger partial charge is 0.481 e. The average Bonchev–Trinajstić information content (AvgIpc) is 2.94. The Hall–Kier alpha value is -1.56. The second-order valence-electron chi connectivity index (χ2n) is 5.76. The third-order valence-corrected chi connectivity index (χ3v) is 5.38. The summed E-state index contributed by atoms with van der Waals surface area (Å²) < 4.78 is 0. The fourth-order valence-electron chi connectivity index (χ4n) is 3.26. The summed E-state index contributed by atoms with van der Waals surface area (Å²) in [6.07, 6.45) is 3.75. The molecule has 1 aromatic heterocycles. The molecule has 0 bridgehead atoms. The number of nitrogens with zero attached hydrogens (tertiary/aromatic N) is 2. The number of hydrogen-bond donors (Lipinski definition) is 1. The monoisotopic (exact) mass is 308 g/mol. The molecular formula is C15H20N2O3S. The molecule has 2 aliphatic heterocycles. The minimum absolute atomic E-state index is 0.0119. The van der Waals surface area contributed by atoms with Gasteiger partial charge in [0.05, 0.1) is 6.42 Å². The molecule has 6 heteroatoms. The topological polar surface area (TPSA) is 60.9 Å². The van der Waals surface area contributed by atoms with Crippen LogP contribution < -0.4 is 0 Å². The molecule has 1 unspecified atom stereocenters. The number of amides is 2. The molecule has 3 heterocycles. The van der Waals surface area contributed by atoms with Crippen LogP contribution in [0, 0.1) is 0 Å². The van der Waals surface area contributed by atoms with Gasteiger partial charge >= 0.3 is 12.0 Å². The normalized spacial score (nSPS) is 22.0. The van der Waals surface area contributed by atoms with Crippen LogP contribution in [-0.2, 0) is 17.8 Å². The highest BCUT2D eigenvalue weighted by Crippen LogP contribution is 2.27. The zero-order chi connectivity index (χ0) is 14.8. The highest BCUT2D eigenvalue weighted by molar-refractivity contribution is 7.10. The first-order valence-corrected chi connectivity index (χ1v) is 8.35. The highest BCUT2D eigenvalue weighted by Gasteiger charge is 2.32. The molecule has 5 nitrogen and oxygen atoms in total. The minimum atomic E-state index is -0.821. The molecule has 0 aliphatic carbocycles. The first kappa shape index (κ1) is 14.4. The first-order valence-electron chi connectivity index (χ1n) is 7.47. The van der Waals surface area contributed by atoms with Crippen molar-refractivity contribution < 1.29 is 14.7 Å². The van der Waals surface area contributed by atoms with Gasteiger partial charge in [-0.05, 0) is 42.7 Å². The number of carboxylic acid groups (broad SMARTS) is 1. The number of fused-ring (bicyclic) bond motifs is 1. The third-order valence-electron chi connectivity index (χ3n) is 4.36. The number of urea groups is 1. The summed E-state index contributed by atoms with van der Waals surface area (Å²) in [6.45, 7) is 2.08. The summed E-state index contributed by atoms with van der Waals surface area (Å²) >= 11 is 1.75. The molecule has 0 saturated carbocycles. The van der Waals surface area contributed by atoms with E-state index >= 15 is 0 Å². The number of hydrogen-bond acceptors (Lipinski definition) is 3. The van der Waals surface area contributed by atoms with Gasteiger partial charge < -0.3 is 14.9 Å². The molecule has 0 spiro atoms. The number of carboxylic acids is 1. The SMILES string of the molecule is O=C(O)CC1CCCCN1C(=O)N1CCc2sccc2C1. The maximum absolute atomic E-state index is 12.7. The minimum Gasteiger partial charge on any atom is -0.481 e. The van der Waals surface area contributed by atoms with Crippen LogP contribution in [0.3, 0.4) is 0 Å². The van der Waals surface area contributed by atoms with E-state index in [9.17, 15) is 9.59 Å². The maximum Gasteiger partial charge on any atom is 0.320 e. The van der Waals surface area contributed by atoms with E-state index in [1.54, 1.807) is 16.2 Å². The Labute approximate surface area is 128 Å². The third kappa shape index (κ3) is 3.05. The van der Waals surface area contributed by atoms with Crippen LogP contribution in [0.15, 0.2) is 11.4 Å². The molecule has 21 heavy (non-hydrogen) atoms. The molecule has 1 N–H and O–H groups in total. The fraction of sp³-hybridized carbons (Fsp3) is 0.600. The number of piperidine rings is 1. The van der Waals surface area contributed by atoms with Crippen LogP contribution in [0.1, 0.15) is 36.1 Å². The number of carbonyl (C=O) groups excluding carboxylic acids is 1. The molecule has 0 aromatic carbocycles. The van der Waals surface area contributed by atoms with Crippen molar-refractivity contribution in [2.45, 2.75) is 44.7 Å². The molecule has 0 radical (unpaired) electrons. The fourth-order valence-corrected chi connectivity index (χ4v) is 4.15. The molecular weight excluding hydrogens is 288 g/mol. The van der Waals surface area contributed by atoms with E-state index in [1.165, 1.54) is 10.4 Å². The van der Waals surface area contributed by atoms with Crippen molar-refractivity contribution >= 4 is 23.3 Å². The van der Waals surface area contributed by atoms with Crippen molar-refractivity contribution in [1.29, 1.82) is 0 Å². The summed E-state index contributed by atoms with van der Waals surface area (Å²) in [4.78, 5) is 28.8. The van der Waals surface area contributed by atoms with Crippen LogP contribution in [0.5, 0.6) is 0 Å². The second kappa shape index (κ2) is 6.05. The summed E-state index contributed by atoms with van der Waals surface area (Å²) in [6, 6.07) is 1.95. The average molecular weight is 308 g/mol. The summed E-state index contributed by atoms with van der Waals surface area (Å²) in [5.41, 5.74) is 1.24. The molecule has 1 aromatic rings. The number of thiophene rings is 1. The van der Waals surface area contributed by atoms with E-state index < -0.39 is 5.97 Å². The van der Waals surface area contributed by atoms with Gasteiger partial charge in [0.1, 0.15) is 0 Å². The lowest BCUT2D eigenvalue weighted by Crippen LogP contribution is -2.51. The zero-order valence-corrected chi connectivity index (χ0v) is 12.8. The van der Waals surface area contributed by atoms with E-state index in [0.29, 0.717) is 13.1 Å². The van der Waals surface area contributed by atoms with Crippen molar-refractivity contribution in [1.82, 2.24) is 9.80 Å². The van der Waals surface area contributed by atoms with E-state index in [4.69, 9.17) is 5.11 Å². The smallest absolute Gasteiger partial charge is 0.320 e. The van der Waals surface area contributed by atoms with Gasteiger partial charge in [-0.15, -0.1) is 11.3 Å². The van der Waals surface area contributed by atoms with Gasteiger partial charge in [-0.25, -0.2) is 4.79 Å². The van der Waals surface area contributed by atoms with E-state index in [2.05, 4.69) is 11.4 Å². The lowest BCUT2D eigenvalue weighted by molar-refractivity contribution is -0.138. The predicted molar refractivity (Wildman–Crippen MR) is 80.4 cm³/mol. The van der Waals surface area contributed by atoms with Gasteiger partial charge in [0, 0.05) is 30.6 Å². The maximum atomic E-state index is 12.7. The standard InChI is InChI=1S/C15H20N2O3S/c18-14(19)9-12-3-1-2-6-17(12)15(20)16-7-4-13-11(10-16)5-8-21-13/h5,8,12H,1-4,6-7,9-10H2,(H,18,19). The molecule has 114 valence electrons. The van der Waals surface area contributed by atoms with Crippen LogP contribution >= 0.6 is 11.3 Å². The lowest BCUT2D eigenvalue weighted by atomic mass is 9.99. The number of likely N-dealkylation sites (tertiary alicyclic amines) is 1. The number of aliphatic carboxylic acids is 1. The van der Waals surface area contributed by atoms with Crippen LogP contribution in [0.25, 0.3) is 0 Å². The van der Waals surface area contributed by atoms with Crippen LogP contribution in [0.4, 0.5) is 4.79 Å².